The van der Waals surface area contributed by atoms with Crippen LogP contribution in [-0.2, 0) is 22.4 Å². The molecule has 0 amide bonds. The summed E-state index contributed by atoms with van der Waals surface area (Å²) in [6.07, 6.45) is 0.484. The Morgan fingerprint density at radius 3 is 2.74 bits per heavy atom. The van der Waals surface area contributed by atoms with E-state index in [1.807, 2.05) is 30.3 Å². The molecule has 0 aliphatic rings. The van der Waals surface area contributed by atoms with Crippen molar-refractivity contribution in [3.63, 3.8) is 0 Å². The number of rotatable bonds is 8. The van der Waals surface area contributed by atoms with Crippen molar-refractivity contribution in [1.29, 1.82) is 0 Å². The van der Waals surface area contributed by atoms with Crippen molar-refractivity contribution in [2.75, 3.05) is 17.4 Å². The van der Waals surface area contributed by atoms with Gasteiger partial charge < -0.3 is 30.1 Å². The summed E-state index contributed by atoms with van der Waals surface area (Å²) in [5, 5.41) is 3.22. The number of hydrogen-bond acceptors (Lipinski definition) is 7. The van der Waals surface area contributed by atoms with Gasteiger partial charge in [-0.25, -0.2) is 4.98 Å². The maximum absolute atomic E-state index is 10.9. The minimum absolute atomic E-state index is 0.101. The summed E-state index contributed by atoms with van der Waals surface area (Å²) in [6, 6.07) is 9.84. The summed E-state index contributed by atoms with van der Waals surface area (Å²) in [5.41, 5.74) is 7.99. The summed E-state index contributed by atoms with van der Waals surface area (Å²) in [7, 11) is -4.21. The van der Waals surface area contributed by atoms with Crippen LogP contribution >= 0.6 is 7.60 Å². The van der Waals surface area contributed by atoms with Crippen LogP contribution in [0.25, 0.3) is 11.2 Å². The first kappa shape index (κ1) is 19.2. The number of anilines is 2. The van der Waals surface area contributed by atoms with Gasteiger partial charge in [-0.15, -0.1) is 0 Å². The van der Waals surface area contributed by atoms with Crippen LogP contribution in [0.15, 0.2) is 36.7 Å². The Balaban J connectivity index is 1.77. The van der Waals surface area contributed by atoms with Crippen LogP contribution in [0.1, 0.15) is 12.5 Å². The maximum Gasteiger partial charge on any atom is 0.350 e. The second kappa shape index (κ2) is 8.01. The fourth-order valence-corrected chi connectivity index (χ4v) is 3.00. The van der Waals surface area contributed by atoms with Gasteiger partial charge in [0, 0.05) is 6.54 Å². The Hall–Kier alpha value is -2.52. The second-order valence-electron chi connectivity index (χ2n) is 6.11. The van der Waals surface area contributed by atoms with E-state index in [9.17, 15) is 4.57 Å². The Labute approximate surface area is 155 Å². The molecule has 3 aromatic rings. The number of hydrogen-bond donors (Lipinski definition) is 4. The number of ether oxygens (including phenoxy) is 1. The molecule has 0 aliphatic heterocycles. The largest absolute Gasteiger partial charge is 0.368 e. The molecule has 0 aliphatic carbocycles. The lowest BCUT2D eigenvalue weighted by Crippen LogP contribution is -2.17. The van der Waals surface area contributed by atoms with Crippen molar-refractivity contribution in [2.45, 2.75) is 26.1 Å². The highest BCUT2D eigenvalue weighted by Gasteiger charge is 2.18. The summed E-state index contributed by atoms with van der Waals surface area (Å²) in [4.78, 5) is 30.6. The van der Waals surface area contributed by atoms with Crippen LogP contribution in [0.3, 0.4) is 0 Å². The molecule has 1 atom stereocenters. The Kier molecular flexibility index (Phi) is 5.71. The van der Waals surface area contributed by atoms with E-state index < -0.39 is 20.0 Å². The fraction of sp³-hybridized carbons (Fsp3) is 0.312. The molecule has 10 nitrogen and oxygen atoms in total. The van der Waals surface area contributed by atoms with Crippen LogP contribution in [0.5, 0.6) is 0 Å². The predicted octanol–water partition coefficient (Wildman–Crippen LogP) is 1.56. The minimum Gasteiger partial charge on any atom is -0.368 e. The normalized spacial score (nSPS) is 13.0. The van der Waals surface area contributed by atoms with Crippen molar-refractivity contribution in [1.82, 2.24) is 19.5 Å². The lowest BCUT2D eigenvalue weighted by molar-refractivity contribution is 0.0764. The zero-order valence-electron chi connectivity index (χ0n) is 14.7. The Morgan fingerprint density at radius 1 is 1.30 bits per heavy atom. The van der Waals surface area contributed by atoms with E-state index in [1.165, 1.54) is 0 Å². The molecule has 2 aromatic heterocycles. The predicted molar refractivity (Wildman–Crippen MR) is 101 cm³/mol. The Bertz CT molecular complexity index is 958. The average molecular weight is 392 g/mol. The van der Waals surface area contributed by atoms with Gasteiger partial charge in [-0.2, -0.15) is 9.97 Å². The first-order chi connectivity index (χ1) is 12.8. The molecule has 1 aromatic carbocycles. The first-order valence-electron chi connectivity index (χ1n) is 8.24. The van der Waals surface area contributed by atoms with Crippen molar-refractivity contribution >= 4 is 30.5 Å². The van der Waals surface area contributed by atoms with Gasteiger partial charge in [-0.1, -0.05) is 30.3 Å². The van der Waals surface area contributed by atoms with Gasteiger partial charge in [-0.05, 0) is 12.5 Å². The van der Waals surface area contributed by atoms with Gasteiger partial charge in [0.05, 0.1) is 19.0 Å². The number of fused-ring (bicyclic) bond motifs is 1. The molecule has 2 heterocycles. The second-order valence-corrected chi connectivity index (χ2v) is 7.70. The molecule has 144 valence electrons. The van der Waals surface area contributed by atoms with E-state index >= 15 is 0 Å². The number of imidazole rings is 1. The third-order valence-electron chi connectivity index (χ3n) is 3.76. The average Bonchev–Trinajstić information content (AvgIpc) is 3.01. The van der Waals surface area contributed by atoms with Crippen molar-refractivity contribution in [3.8, 4) is 0 Å². The highest BCUT2D eigenvalue weighted by Crippen LogP contribution is 2.34. The van der Waals surface area contributed by atoms with Crippen molar-refractivity contribution < 1.29 is 19.1 Å². The molecule has 0 fully saturated rings. The van der Waals surface area contributed by atoms with E-state index in [4.69, 9.17) is 20.3 Å². The topological polar surface area (TPSA) is 148 Å². The van der Waals surface area contributed by atoms with Crippen LogP contribution in [0, 0.1) is 0 Å². The van der Waals surface area contributed by atoms with Crippen LogP contribution in [0.2, 0.25) is 0 Å². The number of nitrogens with zero attached hydrogens (tertiary/aromatic N) is 4. The molecule has 0 saturated heterocycles. The van der Waals surface area contributed by atoms with Crippen LogP contribution < -0.4 is 11.1 Å². The minimum atomic E-state index is -4.21. The number of nitrogen functional groups attached to an aromatic ring is 1. The molecule has 27 heavy (non-hydrogen) atoms. The number of aromatic nitrogens is 4. The van der Waals surface area contributed by atoms with Crippen LogP contribution in [0.4, 0.5) is 11.8 Å². The maximum atomic E-state index is 10.9. The van der Waals surface area contributed by atoms with E-state index in [2.05, 4.69) is 20.3 Å². The van der Waals surface area contributed by atoms with Gasteiger partial charge in [0.15, 0.2) is 17.0 Å². The Morgan fingerprint density at radius 2 is 2.04 bits per heavy atom. The molecule has 0 unspecified atom stereocenters. The molecule has 0 bridgehead atoms. The monoisotopic (exact) mass is 392 g/mol. The van der Waals surface area contributed by atoms with E-state index in [0.29, 0.717) is 30.1 Å². The first-order valence-corrected chi connectivity index (χ1v) is 10.0. The van der Waals surface area contributed by atoms with Gasteiger partial charge in [0.1, 0.15) is 6.35 Å². The SMILES string of the molecule is C[C@H](Cn1cnc2c(NCc3ccccc3)nc(N)nc21)OCP(=O)(O)O. The van der Waals surface area contributed by atoms with Gasteiger partial charge in [-0.3, -0.25) is 4.57 Å². The molecule has 0 spiro atoms. The summed E-state index contributed by atoms with van der Waals surface area (Å²) in [6.45, 7) is 2.58. The van der Waals surface area contributed by atoms with E-state index in [0.717, 1.165) is 5.56 Å². The number of nitrogens with one attached hydrogen (secondary N) is 1. The molecule has 0 saturated carbocycles. The molecule has 0 radical (unpaired) electrons. The molecular formula is C16H21N6O4P. The zero-order chi connectivity index (χ0) is 19.4. The quantitative estimate of drug-likeness (QED) is 0.419. The third kappa shape index (κ3) is 5.24. The van der Waals surface area contributed by atoms with Crippen molar-refractivity contribution in [2.24, 2.45) is 0 Å². The fourth-order valence-electron chi connectivity index (χ4n) is 2.55. The third-order valence-corrected chi connectivity index (χ3v) is 4.25. The smallest absolute Gasteiger partial charge is 0.350 e. The molecular weight excluding hydrogens is 371 g/mol. The van der Waals surface area contributed by atoms with E-state index in [1.54, 1.807) is 17.8 Å². The molecule has 5 N–H and O–H groups in total. The van der Waals surface area contributed by atoms with Crippen LogP contribution in [-0.4, -0.2) is 41.8 Å². The number of nitrogens with two attached hydrogens (primary N) is 1. The highest BCUT2D eigenvalue weighted by atomic mass is 31.2. The lowest BCUT2D eigenvalue weighted by Gasteiger charge is -2.14. The summed E-state index contributed by atoms with van der Waals surface area (Å²) < 4.78 is 17.8. The van der Waals surface area contributed by atoms with Gasteiger partial charge in [0.25, 0.3) is 0 Å². The highest BCUT2D eigenvalue weighted by molar-refractivity contribution is 7.51. The van der Waals surface area contributed by atoms with E-state index in [-0.39, 0.29) is 5.95 Å². The lowest BCUT2D eigenvalue weighted by atomic mass is 10.2. The summed E-state index contributed by atoms with van der Waals surface area (Å²) in [5.74, 6) is 0.618. The molecule has 11 heteroatoms. The number of benzene rings is 1. The zero-order valence-corrected chi connectivity index (χ0v) is 15.6. The summed E-state index contributed by atoms with van der Waals surface area (Å²) >= 11 is 0. The standard InChI is InChI=1S/C16H21N6O4P/c1-11(26-10-27(23,24)25)8-22-9-19-13-14(20-16(17)21-15(13)22)18-7-12-5-3-2-4-6-12/h2-6,9,11H,7-8,10H2,1H3,(H2,23,24,25)(H3,17,18,20,21)/t11-/m1/s1. The van der Waals surface area contributed by atoms with Gasteiger partial charge in [0.2, 0.25) is 5.95 Å². The van der Waals surface area contributed by atoms with Gasteiger partial charge >= 0.3 is 7.60 Å². The van der Waals surface area contributed by atoms with Crippen molar-refractivity contribution in [3.05, 3.63) is 42.2 Å². The molecule has 3 rings (SSSR count).